The van der Waals surface area contributed by atoms with E-state index in [-0.39, 0.29) is 22.3 Å². The van der Waals surface area contributed by atoms with Gasteiger partial charge in [-0.05, 0) is 44.3 Å². The largest absolute Gasteiger partial charge is 2.00 e. The number of Topliss-reactive ketones (excluding diaryl/α,β-unsaturated/α-hetero) is 1. The first-order valence-corrected chi connectivity index (χ1v) is 18.7. The summed E-state index contributed by atoms with van der Waals surface area (Å²) in [7, 11) is -5.41. The van der Waals surface area contributed by atoms with Crippen LogP contribution in [0.4, 0.5) is 0 Å². The molecule has 3 aliphatic heterocycles. The molecule has 0 aliphatic carbocycles. The zero-order valence-electron chi connectivity index (χ0n) is 29.9. The van der Waals surface area contributed by atoms with Gasteiger partial charge >= 0.3 is 16.8 Å². The van der Waals surface area contributed by atoms with Gasteiger partial charge in [0.1, 0.15) is 0 Å². The fourth-order valence-corrected chi connectivity index (χ4v) is 7.64. The number of likely N-dealkylation sites (tertiary alicyclic amines) is 2. The Morgan fingerprint density at radius 2 is 1.08 bits per heavy atom. The van der Waals surface area contributed by atoms with Crippen molar-refractivity contribution in [3.05, 3.63) is 102 Å². The average molecular weight is 823 g/mol. The summed E-state index contributed by atoms with van der Waals surface area (Å²) in [5.74, 6) is 0.375. The van der Waals surface area contributed by atoms with Crippen LogP contribution in [0, 0.1) is 31.8 Å². The number of carbonyl (C=O) groups is 1. The summed E-state index contributed by atoms with van der Waals surface area (Å²) in [5, 5.41) is 7.32. The molecule has 0 amide bonds. The van der Waals surface area contributed by atoms with Crippen molar-refractivity contribution >= 4 is 5.78 Å². The number of rotatable bonds is 5. The van der Waals surface area contributed by atoms with E-state index in [2.05, 4.69) is 118 Å². The Kier molecular flexibility index (Phi) is 17.4. The Balaban J connectivity index is 0.000000603. The van der Waals surface area contributed by atoms with Gasteiger partial charge in [0.05, 0.1) is 22.6 Å². The number of piperidine rings is 2. The smallest absolute Gasteiger partial charge is 0.303 e. The maximum Gasteiger partial charge on any atom is 2.00 e. The third-order valence-electron chi connectivity index (χ3n) is 9.39. The normalized spacial score (nSPS) is 23.6. The van der Waals surface area contributed by atoms with Crippen molar-refractivity contribution in [2.45, 2.75) is 36.8 Å². The summed E-state index contributed by atoms with van der Waals surface area (Å²) < 4.78 is 67.9. The van der Waals surface area contributed by atoms with Crippen molar-refractivity contribution in [1.82, 2.24) is 24.6 Å². The second kappa shape index (κ2) is 19.8. The summed E-state index contributed by atoms with van der Waals surface area (Å²) in [6.07, 6.45) is 1.87. The first kappa shape index (κ1) is 46.5. The summed E-state index contributed by atoms with van der Waals surface area (Å²) in [6, 6.07) is 29.0. The second-order valence-electron chi connectivity index (χ2n) is 13.5. The van der Waals surface area contributed by atoms with Crippen molar-refractivity contribution < 1.29 is 79.3 Å². The number of ketones is 1. The molecular weight excluding hydrogens is 778 g/mol. The number of halogens is 2. The van der Waals surface area contributed by atoms with Gasteiger partial charge in [-0.1, -0.05) is 66.7 Å². The molecule has 2 aromatic carbocycles. The van der Waals surface area contributed by atoms with Crippen LogP contribution in [0.3, 0.4) is 0 Å². The minimum atomic E-state index is -4.94. The molecule has 1 aromatic heterocycles. The molecule has 291 valence electrons. The summed E-state index contributed by atoms with van der Waals surface area (Å²) in [4.78, 5) is 29.9. The van der Waals surface area contributed by atoms with E-state index < -0.39 is 31.3 Å². The van der Waals surface area contributed by atoms with E-state index in [1.165, 1.54) is 6.92 Å². The molecular formula is C35H44Cl2CoN6O9. The van der Waals surface area contributed by atoms with Gasteiger partial charge in [-0.2, -0.15) is 5.26 Å². The van der Waals surface area contributed by atoms with Crippen molar-refractivity contribution in [2.24, 2.45) is 0 Å². The minimum Gasteiger partial charge on any atom is -0.303 e. The van der Waals surface area contributed by atoms with Crippen molar-refractivity contribution in [2.75, 3.05) is 66.5 Å². The number of carbonyl (C=O) groups excluding carboxylic acids is 1. The molecule has 3 aliphatic rings. The monoisotopic (exact) mass is 821 g/mol. The van der Waals surface area contributed by atoms with Gasteiger partial charge in [0.15, 0.2) is 5.78 Å². The SMILES string of the molecule is CC#N.CN1CCN(C)CC(C)(N2C[C@@]3(c4ccccc4)CN(Cc4ccccn4)C[C@@](c4ccccc4)(C2)C3=O)C1.[Co+2].[O-][Cl+3]([O-])([O-])[O-].[O-][Cl+3]([O-])([O-])[O-]. The maximum absolute atomic E-state index is 15.1. The summed E-state index contributed by atoms with van der Waals surface area (Å²) in [5.41, 5.74) is 1.97. The number of aromatic nitrogens is 1. The van der Waals surface area contributed by atoms with Gasteiger partial charge in [-0.25, -0.2) is 37.3 Å². The minimum absolute atomic E-state index is 0. The predicted molar refractivity (Wildman–Crippen MR) is 167 cm³/mol. The number of hydrogen-bond acceptors (Lipinski definition) is 15. The quantitative estimate of drug-likeness (QED) is 0.233. The van der Waals surface area contributed by atoms with Gasteiger partial charge in [0.2, 0.25) is 0 Å². The molecule has 4 heterocycles. The Morgan fingerprint density at radius 1 is 0.698 bits per heavy atom. The first-order chi connectivity index (χ1) is 24.2. The average Bonchev–Trinajstić information content (AvgIpc) is 3.18. The molecule has 53 heavy (non-hydrogen) atoms. The van der Waals surface area contributed by atoms with E-state index in [1.807, 2.05) is 12.3 Å². The molecule has 3 saturated heterocycles. The van der Waals surface area contributed by atoms with Crippen LogP contribution in [0.25, 0.3) is 0 Å². The summed E-state index contributed by atoms with van der Waals surface area (Å²) in [6.45, 7) is 11.5. The Bertz CT molecular complexity index is 1510. The van der Waals surface area contributed by atoms with E-state index in [4.69, 9.17) is 42.5 Å². The number of nitrogens with zero attached hydrogens (tertiary/aromatic N) is 6. The standard InChI is InChI=1S/C33H41N5O.C2H3N.2ClHO4.Co/c1-31(21-35(2)18-19-36(3)22-31)38-25-32(27-12-6-4-7-13-27)23-37(20-29-16-10-11-17-34-29)24-33(26-38,30(32)39)28-14-8-5-9-15-28;1-2-3;2*2-1(3,4)5;/h4-17H,18-26H2,1-3H3;1H3;2*(H,2,3,4,5);/q;;;;+2/p-2/t32-,33+;;;;. The van der Waals surface area contributed by atoms with Gasteiger partial charge < -0.3 is 9.80 Å². The molecule has 3 aromatic rings. The van der Waals surface area contributed by atoms with E-state index in [0.29, 0.717) is 18.9 Å². The number of pyridine rings is 1. The number of likely N-dealkylation sites (N-methyl/N-ethyl adjacent to an activating group) is 2. The van der Waals surface area contributed by atoms with Crippen molar-refractivity contribution in [1.29, 1.82) is 5.26 Å². The van der Waals surface area contributed by atoms with Crippen LogP contribution in [0.15, 0.2) is 85.1 Å². The van der Waals surface area contributed by atoms with E-state index >= 15 is 4.79 Å². The third kappa shape index (κ3) is 13.6. The van der Waals surface area contributed by atoms with Crippen LogP contribution in [0.5, 0.6) is 0 Å². The number of nitriles is 1. The molecule has 1 radical (unpaired) electrons. The van der Waals surface area contributed by atoms with Crippen LogP contribution in [0.1, 0.15) is 30.7 Å². The molecule has 2 bridgehead atoms. The zero-order valence-corrected chi connectivity index (χ0v) is 32.4. The molecule has 0 N–H and O–H groups in total. The Morgan fingerprint density at radius 3 is 1.43 bits per heavy atom. The van der Waals surface area contributed by atoms with Crippen LogP contribution in [0.2, 0.25) is 0 Å². The van der Waals surface area contributed by atoms with Crippen LogP contribution < -0.4 is 37.3 Å². The second-order valence-corrected chi connectivity index (χ2v) is 15.0. The fourth-order valence-electron chi connectivity index (χ4n) is 7.64. The molecule has 15 nitrogen and oxygen atoms in total. The van der Waals surface area contributed by atoms with E-state index in [1.54, 1.807) is 6.07 Å². The maximum atomic E-state index is 15.1. The topological polar surface area (TPSA) is 251 Å². The van der Waals surface area contributed by atoms with E-state index in [9.17, 15) is 0 Å². The third-order valence-corrected chi connectivity index (χ3v) is 9.39. The van der Waals surface area contributed by atoms with E-state index in [0.717, 1.165) is 62.6 Å². The number of benzene rings is 2. The zero-order chi connectivity index (χ0) is 38.8. The van der Waals surface area contributed by atoms with Crippen molar-refractivity contribution in [3.8, 4) is 6.07 Å². The van der Waals surface area contributed by atoms with Crippen molar-refractivity contribution in [3.63, 3.8) is 0 Å². The van der Waals surface area contributed by atoms with Gasteiger partial charge in [-0.3, -0.25) is 19.6 Å². The number of hydrogen-bond donors (Lipinski definition) is 0. The molecule has 18 heteroatoms. The summed E-state index contributed by atoms with van der Waals surface area (Å²) >= 11 is 0. The molecule has 3 fully saturated rings. The van der Waals surface area contributed by atoms with Crippen LogP contribution in [-0.2, 0) is 38.9 Å². The van der Waals surface area contributed by atoms with Gasteiger partial charge in [-0.15, -0.1) is 20.5 Å². The Labute approximate surface area is 325 Å². The molecule has 0 spiro atoms. The number of fused-ring (bicyclic) bond motifs is 2. The van der Waals surface area contributed by atoms with Crippen LogP contribution >= 0.6 is 0 Å². The van der Waals surface area contributed by atoms with Gasteiger partial charge in [0, 0.05) is 77.6 Å². The predicted octanol–water partition coefficient (Wildman–Crippen LogP) is -5.69. The Hall–Kier alpha value is -2.64. The van der Waals surface area contributed by atoms with Crippen LogP contribution in [-0.4, -0.2) is 102 Å². The fraction of sp³-hybridized carbons (Fsp3) is 0.457. The molecule has 0 unspecified atom stereocenters. The molecule has 0 saturated carbocycles. The first-order valence-electron chi connectivity index (χ1n) is 16.2. The van der Waals surface area contributed by atoms with Gasteiger partial charge in [0.25, 0.3) is 0 Å². The molecule has 2 atom stereocenters. The molecule has 6 rings (SSSR count).